The lowest BCUT2D eigenvalue weighted by Crippen LogP contribution is -2.41. The second-order valence-electron chi connectivity index (χ2n) is 7.07. The predicted octanol–water partition coefficient (Wildman–Crippen LogP) is 3.94. The molecule has 1 aromatic carbocycles. The smallest absolute Gasteiger partial charge is 0.285 e. The van der Waals surface area contributed by atoms with Crippen LogP contribution in [0.5, 0.6) is 5.75 Å². The number of hydrogen-bond donors (Lipinski definition) is 1. The van der Waals surface area contributed by atoms with Crippen molar-refractivity contribution < 1.29 is 24.3 Å². The van der Waals surface area contributed by atoms with Crippen LogP contribution in [0.2, 0.25) is 0 Å². The highest BCUT2D eigenvalue weighted by molar-refractivity contribution is 8.17. The zero-order valence-electron chi connectivity index (χ0n) is 18.4. The van der Waals surface area contributed by atoms with E-state index in [1.807, 2.05) is 23.5 Å². The summed E-state index contributed by atoms with van der Waals surface area (Å²) in [5.74, 6) is 1.76. The van der Waals surface area contributed by atoms with Gasteiger partial charge in [0.1, 0.15) is 11.3 Å². The number of benzene rings is 1. The number of carbonyl (C=O) groups excluding carboxylic acids is 1. The number of carbonyl (C=O) groups is 1. The molecule has 0 bridgehead atoms. The Morgan fingerprint density at radius 2 is 2.03 bits per heavy atom. The average molecular weight is 473 g/mol. The molecule has 0 aliphatic carbocycles. The number of thioether (sulfide) groups is 2. The minimum Gasteiger partial charge on any atom is -0.493 e. The van der Waals surface area contributed by atoms with Crippen molar-refractivity contribution >= 4 is 35.1 Å². The number of aliphatic hydroxyl groups is 1. The molecule has 1 atom stereocenters. The summed E-state index contributed by atoms with van der Waals surface area (Å²) in [6.45, 7) is 5.19. The number of nitro groups is 1. The molecule has 1 aromatic rings. The van der Waals surface area contributed by atoms with Crippen LogP contribution in [-0.2, 0) is 11.3 Å². The van der Waals surface area contributed by atoms with Gasteiger partial charge in [0.05, 0.1) is 34.8 Å². The van der Waals surface area contributed by atoms with E-state index in [2.05, 4.69) is 13.8 Å². The Hall–Kier alpha value is -1.49. The summed E-state index contributed by atoms with van der Waals surface area (Å²) < 4.78 is 10.8. The van der Waals surface area contributed by atoms with Crippen molar-refractivity contribution in [2.45, 2.75) is 50.3 Å². The molecule has 1 N–H and O–H groups in total. The molecular formula is C21H32N2O6S2. The van der Waals surface area contributed by atoms with Gasteiger partial charge in [0, 0.05) is 32.2 Å². The van der Waals surface area contributed by atoms with E-state index < -0.39 is 4.92 Å². The third-order valence-electron chi connectivity index (χ3n) is 5.06. The van der Waals surface area contributed by atoms with Gasteiger partial charge in [-0.2, -0.15) is 0 Å². The van der Waals surface area contributed by atoms with Gasteiger partial charge in [0.2, 0.25) is 0 Å². The first-order chi connectivity index (χ1) is 15.0. The molecule has 0 saturated carbocycles. The third kappa shape index (κ3) is 6.74. The van der Waals surface area contributed by atoms with E-state index in [0.717, 1.165) is 24.3 Å². The summed E-state index contributed by atoms with van der Waals surface area (Å²) in [7, 11) is 1.58. The van der Waals surface area contributed by atoms with Crippen molar-refractivity contribution in [3.8, 4) is 5.75 Å². The molecule has 8 nitrogen and oxygen atoms in total. The molecule has 0 unspecified atom stereocenters. The number of likely N-dealkylation sites (tertiary alicyclic amines) is 1. The van der Waals surface area contributed by atoms with Gasteiger partial charge < -0.3 is 19.5 Å². The number of nitro benzene ring substituents is 1. The number of aliphatic hydroxyl groups excluding tert-OH is 1. The average Bonchev–Trinajstić information content (AvgIpc) is 3.25. The van der Waals surface area contributed by atoms with Crippen LogP contribution >= 0.6 is 23.5 Å². The molecule has 0 radical (unpaired) electrons. The van der Waals surface area contributed by atoms with Crippen LogP contribution in [0.1, 0.15) is 49.0 Å². The number of rotatable bonds is 13. The van der Waals surface area contributed by atoms with E-state index in [1.165, 1.54) is 12.1 Å². The number of nitrogens with zero attached hydrogens (tertiary/aromatic N) is 2. The first-order valence-corrected chi connectivity index (χ1v) is 12.7. The van der Waals surface area contributed by atoms with Gasteiger partial charge in [-0.25, -0.2) is 0 Å². The molecule has 1 fully saturated rings. The van der Waals surface area contributed by atoms with E-state index in [4.69, 9.17) is 9.47 Å². The van der Waals surface area contributed by atoms with Gasteiger partial charge in [0.15, 0.2) is 0 Å². The molecule has 2 rings (SSSR count). The molecule has 1 aliphatic heterocycles. The Bertz CT molecular complexity index is 743. The van der Waals surface area contributed by atoms with E-state index >= 15 is 0 Å². The molecule has 1 aliphatic rings. The maximum Gasteiger partial charge on any atom is 0.285 e. The topological polar surface area (TPSA) is 102 Å². The minimum absolute atomic E-state index is 0.00642. The Labute approximate surface area is 192 Å². The van der Waals surface area contributed by atoms with Crippen molar-refractivity contribution in [1.82, 2.24) is 4.90 Å². The first kappa shape index (κ1) is 25.8. The first-order valence-electron chi connectivity index (χ1n) is 10.6. The zero-order chi connectivity index (χ0) is 22.8. The van der Waals surface area contributed by atoms with Gasteiger partial charge in [0.25, 0.3) is 11.6 Å². The van der Waals surface area contributed by atoms with Crippen molar-refractivity contribution in [3.63, 3.8) is 0 Å². The highest BCUT2D eigenvalue weighted by Gasteiger charge is 2.38. The van der Waals surface area contributed by atoms with Crippen molar-refractivity contribution in [2.75, 3.05) is 38.4 Å². The van der Waals surface area contributed by atoms with Crippen LogP contribution < -0.4 is 4.74 Å². The predicted molar refractivity (Wildman–Crippen MR) is 125 cm³/mol. The SMILES string of the molecule is CCSC(SCC)[C@@H]1CCCN1C(=O)c1cc(CO)c(OCCCOC)cc1[N+](=O)[O-]. The third-order valence-corrected chi connectivity index (χ3v) is 7.83. The number of ether oxygens (including phenoxy) is 2. The largest absolute Gasteiger partial charge is 0.493 e. The Morgan fingerprint density at radius 3 is 2.61 bits per heavy atom. The summed E-state index contributed by atoms with van der Waals surface area (Å²) in [5, 5.41) is 21.6. The highest BCUT2D eigenvalue weighted by Crippen LogP contribution is 2.37. The fraction of sp³-hybridized carbons (Fsp3) is 0.667. The summed E-state index contributed by atoms with van der Waals surface area (Å²) >= 11 is 3.63. The lowest BCUT2D eigenvalue weighted by molar-refractivity contribution is -0.385. The van der Waals surface area contributed by atoms with E-state index in [-0.39, 0.29) is 40.1 Å². The number of methoxy groups -OCH3 is 1. The monoisotopic (exact) mass is 472 g/mol. The van der Waals surface area contributed by atoms with Gasteiger partial charge in [-0.3, -0.25) is 14.9 Å². The standard InChI is InChI=1S/C21H32N2O6S2/c1-4-30-21(31-5-2)17-8-6-9-22(17)20(25)16-12-15(14-24)19(13-18(16)23(26)27)29-11-7-10-28-3/h12-13,17,21,24H,4-11,14H2,1-3H3/t17-/m0/s1. The van der Waals surface area contributed by atoms with Crippen LogP contribution in [0.25, 0.3) is 0 Å². The molecule has 0 spiro atoms. The lowest BCUT2D eigenvalue weighted by Gasteiger charge is -2.31. The fourth-order valence-corrected chi connectivity index (χ4v) is 6.53. The van der Waals surface area contributed by atoms with Crippen LogP contribution in [0.15, 0.2) is 12.1 Å². The molecule has 1 saturated heterocycles. The summed E-state index contributed by atoms with van der Waals surface area (Å²) in [6, 6.07) is 2.70. The molecule has 174 valence electrons. The van der Waals surface area contributed by atoms with Crippen LogP contribution in [0, 0.1) is 10.1 Å². The Balaban J connectivity index is 2.34. The Kier molecular flexibility index (Phi) is 10.9. The van der Waals surface area contributed by atoms with Gasteiger partial charge >= 0.3 is 0 Å². The minimum atomic E-state index is -0.555. The molecule has 31 heavy (non-hydrogen) atoms. The number of hydrogen-bond acceptors (Lipinski definition) is 8. The van der Waals surface area contributed by atoms with Crippen LogP contribution in [0.4, 0.5) is 5.69 Å². The molecule has 1 heterocycles. The second-order valence-corrected chi connectivity index (χ2v) is 10.2. The second kappa shape index (κ2) is 13.1. The lowest BCUT2D eigenvalue weighted by atomic mass is 10.1. The quantitative estimate of drug-likeness (QED) is 0.199. The molecule has 1 amide bonds. The molecular weight excluding hydrogens is 440 g/mol. The maximum atomic E-state index is 13.4. The normalized spacial score (nSPS) is 16.2. The van der Waals surface area contributed by atoms with Crippen molar-refractivity contribution in [1.29, 1.82) is 0 Å². The number of amides is 1. The fourth-order valence-electron chi connectivity index (χ4n) is 3.66. The summed E-state index contributed by atoms with van der Waals surface area (Å²) in [5.41, 5.74) is 0.0777. The van der Waals surface area contributed by atoms with Gasteiger partial charge in [-0.15, -0.1) is 23.5 Å². The maximum absolute atomic E-state index is 13.4. The van der Waals surface area contributed by atoms with Gasteiger partial charge in [-0.1, -0.05) is 13.8 Å². The van der Waals surface area contributed by atoms with Crippen LogP contribution in [0.3, 0.4) is 0 Å². The summed E-state index contributed by atoms with van der Waals surface area (Å²) in [6.07, 6.45) is 2.37. The van der Waals surface area contributed by atoms with Crippen LogP contribution in [-0.4, -0.2) is 69.8 Å². The van der Waals surface area contributed by atoms with E-state index in [1.54, 1.807) is 12.0 Å². The van der Waals surface area contributed by atoms with E-state index in [9.17, 15) is 20.0 Å². The zero-order valence-corrected chi connectivity index (χ0v) is 20.0. The molecule has 10 heteroatoms. The molecule has 0 aromatic heterocycles. The van der Waals surface area contributed by atoms with Crippen molar-refractivity contribution in [3.05, 3.63) is 33.4 Å². The Morgan fingerprint density at radius 1 is 1.32 bits per heavy atom. The van der Waals surface area contributed by atoms with E-state index in [0.29, 0.717) is 31.7 Å². The summed E-state index contributed by atoms with van der Waals surface area (Å²) in [4.78, 5) is 26.4. The van der Waals surface area contributed by atoms with Gasteiger partial charge in [-0.05, 0) is 30.4 Å². The highest BCUT2D eigenvalue weighted by atomic mass is 32.2. The van der Waals surface area contributed by atoms with Crippen molar-refractivity contribution in [2.24, 2.45) is 0 Å².